The zero-order valence-corrected chi connectivity index (χ0v) is 12.1. The third-order valence-electron chi connectivity index (χ3n) is 2.23. The van der Waals surface area contributed by atoms with Gasteiger partial charge in [0, 0.05) is 8.59 Å². The monoisotopic (exact) mass is 373 g/mol. The molecule has 2 aromatic rings. The highest BCUT2D eigenvalue weighted by Crippen LogP contribution is 2.28. The molecule has 1 amide bonds. The minimum absolute atomic E-state index is 0.265. The number of carbonyl (C=O) groups excluding carboxylic acids is 1. The second-order valence-electron chi connectivity index (χ2n) is 3.56. The van der Waals surface area contributed by atoms with Crippen LogP contribution >= 0.6 is 34.2 Å². The largest absolute Gasteiger partial charge is 0.456 e. The predicted octanol–water partition coefficient (Wildman–Crippen LogP) is 3.84. The Labute approximate surface area is 123 Å². The van der Waals surface area contributed by atoms with Crippen LogP contribution in [0.4, 0.5) is 0 Å². The first kappa shape index (κ1) is 13.2. The molecule has 0 saturated carbocycles. The molecule has 2 N–H and O–H groups in total. The van der Waals surface area contributed by atoms with Gasteiger partial charge >= 0.3 is 0 Å². The van der Waals surface area contributed by atoms with Crippen LogP contribution in [-0.4, -0.2) is 5.91 Å². The highest BCUT2D eigenvalue weighted by Gasteiger charge is 2.11. The van der Waals surface area contributed by atoms with Gasteiger partial charge in [-0.05, 0) is 59.0 Å². The van der Waals surface area contributed by atoms with Crippen molar-refractivity contribution in [3.05, 3.63) is 56.6 Å². The number of rotatable bonds is 3. The maximum absolute atomic E-state index is 11.3. The minimum Gasteiger partial charge on any atom is -0.456 e. The quantitative estimate of drug-likeness (QED) is 0.831. The van der Waals surface area contributed by atoms with Gasteiger partial charge in [0.2, 0.25) is 0 Å². The van der Waals surface area contributed by atoms with E-state index in [1.165, 1.54) is 6.07 Å². The SMILES string of the molecule is NC(=O)c1cc(Cl)ccc1Oc1cccc(I)c1. The molecule has 92 valence electrons. The van der Waals surface area contributed by atoms with E-state index in [-0.39, 0.29) is 5.56 Å². The topological polar surface area (TPSA) is 52.3 Å². The van der Waals surface area contributed by atoms with E-state index >= 15 is 0 Å². The smallest absolute Gasteiger partial charge is 0.252 e. The van der Waals surface area contributed by atoms with Crippen molar-refractivity contribution in [1.29, 1.82) is 0 Å². The highest BCUT2D eigenvalue weighted by molar-refractivity contribution is 14.1. The maximum Gasteiger partial charge on any atom is 0.252 e. The fourth-order valence-corrected chi connectivity index (χ4v) is 2.13. The van der Waals surface area contributed by atoms with Crippen LogP contribution in [0, 0.1) is 3.57 Å². The summed E-state index contributed by atoms with van der Waals surface area (Å²) in [7, 11) is 0. The third kappa shape index (κ3) is 3.14. The molecule has 18 heavy (non-hydrogen) atoms. The molecule has 2 rings (SSSR count). The van der Waals surface area contributed by atoms with Gasteiger partial charge in [0.1, 0.15) is 11.5 Å². The van der Waals surface area contributed by atoms with Crippen LogP contribution in [0.5, 0.6) is 11.5 Å². The highest BCUT2D eigenvalue weighted by atomic mass is 127. The summed E-state index contributed by atoms with van der Waals surface area (Å²) in [6.45, 7) is 0. The number of ether oxygens (including phenoxy) is 1. The van der Waals surface area contributed by atoms with Gasteiger partial charge in [-0.2, -0.15) is 0 Å². The van der Waals surface area contributed by atoms with Crippen molar-refractivity contribution in [2.45, 2.75) is 0 Å². The van der Waals surface area contributed by atoms with Gasteiger partial charge in [0.25, 0.3) is 5.91 Å². The van der Waals surface area contributed by atoms with Crippen LogP contribution in [0.15, 0.2) is 42.5 Å². The van der Waals surface area contributed by atoms with Crippen LogP contribution in [-0.2, 0) is 0 Å². The van der Waals surface area contributed by atoms with Gasteiger partial charge in [-0.25, -0.2) is 0 Å². The lowest BCUT2D eigenvalue weighted by atomic mass is 10.2. The fourth-order valence-electron chi connectivity index (χ4n) is 1.44. The van der Waals surface area contributed by atoms with Crippen LogP contribution in [0.1, 0.15) is 10.4 Å². The van der Waals surface area contributed by atoms with Gasteiger partial charge in [0.15, 0.2) is 0 Å². The Hall–Kier alpha value is -1.27. The van der Waals surface area contributed by atoms with E-state index in [9.17, 15) is 4.79 Å². The van der Waals surface area contributed by atoms with Crippen LogP contribution < -0.4 is 10.5 Å². The molecule has 3 nitrogen and oxygen atoms in total. The molecule has 0 aliphatic carbocycles. The van der Waals surface area contributed by atoms with Crippen LogP contribution in [0.25, 0.3) is 0 Å². The van der Waals surface area contributed by atoms with Crippen molar-refractivity contribution in [2.24, 2.45) is 5.73 Å². The van der Waals surface area contributed by atoms with Crippen molar-refractivity contribution in [3.63, 3.8) is 0 Å². The molecule has 0 radical (unpaired) electrons. The van der Waals surface area contributed by atoms with Crippen molar-refractivity contribution < 1.29 is 9.53 Å². The number of hydrogen-bond acceptors (Lipinski definition) is 2. The summed E-state index contributed by atoms with van der Waals surface area (Å²) in [5.74, 6) is 0.471. The summed E-state index contributed by atoms with van der Waals surface area (Å²) in [5, 5.41) is 0.443. The molecule has 2 aromatic carbocycles. The molecular weight excluding hydrogens is 365 g/mol. The van der Waals surface area contributed by atoms with Gasteiger partial charge in [-0.15, -0.1) is 0 Å². The molecule has 0 spiro atoms. The van der Waals surface area contributed by atoms with Gasteiger partial charge in [0.05, 0.1) is 5.56 Å². The van der Waals surface area contributed by atoms with E-state index < -0.39 is 5.91 Å². The van der Waals surface area contributed by atoms with Gasteiger partial charge < -0.3 is 10.5 Å². The van der Waals surface area contributed by atoms with Gasteiger partial charge in [-0.1, -0.05) is 17.7 Å². The summed E-state index contributed by atoms with van der Waals surface area (Å²) in [4.78, 5) is 11.3. The normalized spacial score (nSPS) is 10.1. The lowest BCUT2D eigenvalue weighted by Crippen LogP contribution is -2.12. The van der Waals surface area contributed by atoms with E-state index in [0.29, 0.717) is 16.5 Å². The molecular formula is C13H9ClINO2. The molecule has 0 aliphatic rings. The number of benzene rings is 2. The summed E-state index contributed by atoms with van der Waals surface area (Å²) in [6, 6.07) is 12.3. The Morgan fingerprint density at radius 1 is 1.22 bits per heavy atom. The Bertz CT molecular complexity index is 601. The predicted molar refractivity (Wildman–Crippen MR) is 79.2 cm³/mol. The lowest BCUT2D eigenvalue weighted by Gasteiger charge is -2.09. The minimum atomic E-state index is -0.571. The van der Waals surface area contributed by atoms with E-state index in [0.717, 1.165) is 3.57 Å². The Morgan fingerprint density at radius 2 is 2.00 bits per heavy atom. The second kappa shape index (κ2) is 5.58. The number of hydrogen-bond donors (Lipinski definition) is 1. The summed E-state index contributed by atoms with van der Waals surface area (Å²) >= 11 is 8.01. The maximum atomic E-state index is 11.3. The van der Waals surface area contributed by atoms with E-state index in [2.05, 4.69) is 22.6 Å². The number of amides is 1. The zero-order chi connectivity index (χ0) is 13.1. The molecule has 0 fully saturated rings. The third-order valence-corrected chi connectivity index (χ3v) is 3.14. The van der Waals surface area contributed by atoms with Crippen molar-refractivity contribution in [2.75, 3.05) is 0 Å². The summed E-state index contributed by atoms with van der Waals surface area (Å²) in [6.07, 6.45) is 0. The first-order valence-corrected chi connectivity index (χ1v) is 6.55. The van der Waals surface area contributed by atoms with Crippen molar-refractivity contribution in [1.82, 2.24) is 0 Å². The Morgan fingerprint density at radius 3 is 2.67 bits per heavy atom. The molecule has 0 aromatic heterocycles. The standard InChI is InChI=1S/C13H9ClINO2/c14-8-4-5-12(11(6-8)13(16)17)18-10-3-1-2-9(15)7-10/h1-7H,(H2,16,17). The average molecular weight is 374 g/mol. The Balaban J connectivity index is 2.37. The Kier molecular flexibility index (Phi) is 4.08. The number of carbonyl (C=O) groups is 1. The first-order chi connectivity index (χ1) is 8.56. The van der Waals surface area contributed by atoms with Crippen molar-refractivity contribution >= 4 is 40.1 Å². The second-order valence-corrected chi connectivity index (χ2v) is 5.25. The molecule has 0 atom stereocenters. The van der Waals surface area contributed by atoms with Crippen LogP contribution in [0.2, 0.25) is 5.02 Å². The molecule has 0 heterocycles. The summed E-state index contributed by atoms with van der Waals surface area (Å²) < 4.78 is 6.68. The van der Waals surface area contributed by atoms with Crippen LogP contribution in [0.3, 0.4) is 0 Å². The molecule has 0 aliphatic heterocycles. The molecule has 0 saturated heterocycles. The van der Waals surface area contributed by atoms with Gasteiger partial charge in [-0.3, -0.25) is 4.79 Å². The van der Waals surface area contributed by atoms with E-state index in [4.69, 9.17) is 22.1 Å². The van der Waals surface area contributed by atoms with Crippen molar-refractivity contribution in [3.8, 4) is 11.5 Å². The summed E-state index contributed by atoms with van der Waals surface area (Å²) in [5.41, 5.74) is 5.55. The first-order valence-electron chi connectivity index (χ1n) is 5.09. The zero-order valence-electron chi connectivity index (χ0n) is 9.19. The molecule has 5 heteroatoms. The molecule has 0 unspecified atom stereocenters. The fraction of sp³-hybridized carbons (Fsp3) is 0. The van der Waals surface area contributed by atoms with E-state index in [1.807, 2.05) is 24.3 Å². The number of halogens is 2. The number of nitrogens with two attached hydrogens (primary N) is 1. The average Bonchev–Trinajstić information content (AvgIpc) is 2.31. The number of primary amides is 1. The molecule has 0 bridgehead atoms. The van der Waals surface area contributed by atoms with E-state index in [1.54, 1.807) is 12.1 Å². The lowest BCUT2D eigenvalue weighted by molar-refractivity contribution is 0.0998.